The molecule has 1 atom stereocenters. The lowest BCUT2D eigenvalue weighted by Gasteiger charge is -2.21. The Labute approximate surface area is 69.7 Å². The lowest BCUT2D eigenvalue weighted by atomic mass is 10.2. The first kappa shape index (κ1) is 10.0. The summed E-state index contributed by atoms with van der Waals surface area (Å²) < 4.78 is 0. The van der Waals surface area contributed by atoms with E-state index in [9.17, 15) is 0 Å². The molecule has 0 bridgehead atoms. The van der Waals surface area contributed by atoms with E-state index in [2.05, 4.69) is 31.1 Å². The van der Waals surface area contributed by atoms with Crippen molar-refractivity contribution in [3.05, 3.63) is 37.6 Å². The number of hydrogen-bond donors (Lipinski definition) is 0. The predicted molar refractivity (Wildman–Crippen MR) is 51.4 cm³/mol. The van der Waals surface area contributed by atoms with Gasteiger partial charge in [0, 0.05) is 13.1 Å². The fraction of sp³-hybridized carbons (Fsp3) is 0.400. The molecule has 0 aliphatic carbocycles. The van der Waals surface area contributed by atoms with Gasteiger partial charge in [-0.15, -0.1) is 0 Å². The number of hydrogen-bond acceptors (Lipinski definition) is 1. The van der Waals surface area contributed by atoms with Crippen molar-refractivity contribution in [1.29, 1.82) is 0 Å². The van der Waals surface area contributed by atoms with Gasteiger partial charge in [0.15, 0.2) is 0 Å². The first-order valence-corrected chi connectivity index (χ1v) is 3.90. The zero-order valence-electron chi connectivity index (χ0n) is 7.46. The summed E-state index contributed by atoms with van der Waals surface area (Å²) in [5, 5.41) is 0. The second kappa shape index (κ2) is 5.78. The maximum absolute atomic E-state index is 3.70. The molecule has 0 aromatic heterocycles. The minimum Gasteiger partial charge on any atom is -0.375 e. The van der Waals surface area contributed by atoms with E-state index in [4.69, 9.17) is 0 Å². The fourth-order valence-corrected chi connectivity index (χ4v) is 0.902. The van der Waals surface area contributed by atoms with Gasteiger partial charge in [-0.1, -0.05) is 38.3 Å². The highest BCUT2D eigenvalue weighted by molar-refractivity contribution is 5.03. The van der Waals surface area contributed by atoms with Crippen molar-refractivity contribution in [1.82, 2.24) is 4.90 Å². The molecule has 1 nitrogen and oxygen atoms in total. The summed E-state index contributed by atoms with van der Waals surface area (Å²) in [5.74, 6) is 0. The molecule has 0 aliphatic heterocycles. The average Bonchev–Trinajstić information content (AvgIpc) is 2.05. The first-order valence-electron chi connectivity index (χ1n) is 3.90. The van der Waals surface area contributed by atoms with Crippen LogP contribution in [-0.2, 0) is 0 Å². The monoisotopic (exact) mass is 151 g/mol. The Morgan fingerprint density at radius 3 is 2.45 bits per heavy atom. The molecule has 0 spiro atoms. The van der Waals surface area contributed by atoms with Crippen molar-refractivity contribution in [3.8, 4) is 0 Å². The molecule has 0 saturated heterocycles. The maximum atomic E-state index is 3.70. The number of rotatable bonds is 5. The van der Waals surface area contributed by atoms with E-state index in [0.717, 1.165) is 6.42 Å². The molecule has 62 valence electrons. The van der Waals surface area contributed by atoms with Crippen LogP contribution in [0.2, 0.25) is 0 Å². The third-order valence-corrected chi connectivity index (χ3v) is 1.70. The second-order valence-corrected chi connectivity index (χ2v) is 2.44. The van der Waals surface area contributed by atoms with Gasteiger partial charge in [0.05, 0.1) is 0 Å². The van der Waals surface area contributed by atoms with Gasteiger partial charge in [-0.05, 0) is 12.6 Å². The van der Waals surface area contributed by atoms with E-state index < -0.39 is 0 Å². The van der Waals surface area contributed by atoms with E-state index in [0.29, 0.717) is 6.04 Å². The Balaban J connectivity index is 4.03. The average molecular weight is 151 g/mol. The van der Waals surface area contributed by atoms with Crippen LogP contribution in [0.3, 0.4) is 0 Å². The lowest BCUT2D eigenvalue weighted by Crippen LogP contribution is -2.23. The van der Waals surface area contributed by atoms with Gasteiger partial charge >= 0.3 is 0 Å². The van der Waals surface area contributed by atoms with Crippen LogP contribution in [0, 0.1) is 0 Å². The van der Waals surface area contributed by atoms with E-state index in [1.54, 1.807) is 6.08 Å². The van der Waals surface area contributed by atoms with E-state index in [1.165, 1.54) is 0 Å². The van der Waals surface area contributed by atoms with Crippen LogP contribution >= 0.6 is 0 Å². The Hall–Kier alpha value is -0.980. The highest BCUT2D eigenvalue weighted by Crippen LogP contribution is 2.02. The fourth-order valence-electron chi connectivity index (χ4n) is 0.902. The van der Waals surface area contributed by atoms with Gasteiger partial charge in [-0.3, -0.25) is 0 Å². The normalized spacial score (nSPS) is 12.9. The second-order valence-electron chi connectivity index (χ2n) is 2.44. The molecule has 0 aromatic rings. The van der Waals surface area contributed by atoms with E-state index in [-0.39, 0.29) is 0 Å². The summed E-state index contributed by atoms with van der Waals surface area (Å²) in [6, 6.07) is 0.450. The van der Waals surface area contributed by atoms with E-state index >= 15 is 0 Å². The molecule has 1 heteroatoms. The number of nitrogens with zero attached hydrogens (tertiary/aromatic N) is 1. The Kier molecular flexibility index (Phi) is 5.26. The molecule has 0 saturated carbocycles. The van der Waals surface area contributed by atoms with Crippen molar-refractivity contribution in [2.45, 2.75) is 19.4 Å². The molecule has 0 fully saturated rings. The highest BCUT2D eigenvalue weighted by atomic mass is 15.1. The Morgan fingerprint density at radius 1 is 1.45 bits per heavy atom. The lowest BCUT2D eigenvalue weighted by molar-refractivity contribution is 0.376. The minimum absolute atomic E-state index is 0.450. The summed E-state index contributed by atoms with van der Waals surface area (Å²) in [7, 11) is 2.02. The highest BCUT2D eigenvalue weighted by Gasteiger charge is 2.02. The quantitative estimate of drug-likeness (QED) is 0.546. The molecule has 0 N–H and O–H groups in total. The van der Waals surface area contributed by atoms with Crippen molar-refractivity contribution in [2.75, 3.05) is 7.05 Å². The molecule has 0 rings (SSSR count). The number of likely N-dealkylation sites (N-methyl/N-ethyl adjacent to an activating group) is 1. The largest absolute Gasteiger partial charge is 0.375 e. The minimum atomic E-state index is 0.450. The summed E-state index contributed by atoms with van der Waals surface area (Å²) in [4.78, 5) is 2.08. The molecular formula is C10H17N. The van der Waals surface area contributed by atoms with Crippen LogP contribution in [0.4, 0.5) is 0 Å². The topological polar surface area (TPSA) is 3.24 Å². The molecule has 0 aromatic carbocycles. The van der Waals surface area contributed by atoms with Crippen molar-refractivity contribution >= 4 is 0 Å². The molecule has 1 unspecified atom stereocenters. The third kappa shape index (κ3) is 3.66. The van der Waals surface area contributed by atoms with Gasteiger partial charge in [-0.25, -0.2) is 0 Å². The van der Waals surface area contributed by atoms with E-state index in [1.807, 2.05) is 19.3 Å². The predicted octanol–water partition coefficient (Wildman–Crippen LogP) is 2.58. The Morgan fingerprint density at radius 2 is 2.09 bits per heavy atom. The smallest absolute Gasteiger partial charge is 0.0464 e. The van der Waals surface area contributed by atoms with Gasteiger partial charge in [-0.2, -0.15) is 0 Å². The van der Waals surface area contributed by atoms with Gasteiger partial charge in [0.2, 0.25) is 0 Å². The molecular weight excluding hydrogens is 134 g/mol. The van der Waals surface area contributed by atoms with Crippen LogP contribution in [0.25, 0.3) is 0 Å². The molecule has 11 heavy (non-hydrogen) atoms. The first-order chi connectivity index (χ1) is 5.26. The molecule has 0 amide bonds. The maximum Gasteiger partial charge on any atom is 0.0464 e. The van der Waals surface area contributed by atoms with Crippen LogP contribution in [-0.4, -0.2) is 18.0 Å². The van der Waals surface area contributed by atoms with Gasteiger partial charge < -0.3 is 4.90 Å². The van der Waals surface area contributed by atoms with Gasteiger partial charge in [0.25, 0.3) is 0 Å². The van der Waals surface area contributed by atoms with Crippen molar-refractivity contribution < 1.29 is 0 Å². The van der Waals surface area contributed by atoms with Crippen LogP contribution in [0.5, 0.6) is 0 Å². The third-order valence-electron chi connectivity index (χ3n) is 1.70. The molecule has 0 heterocycles. The summed E-state index contributed by atoms with van der Waals surface area (Å²) in [6.07, 6.45) is 8.80. The van der Waals surface area contributed by atoms with Crippen LogP contribution in [0.1, 0.15) is 13.3 Å². The SMILES string of the molecule is C=C/C=C\C(CC)N(C)C=C. The molecule has 0 radical (unpaired) electrons. The Bertz CT molecular complexity index is 147. The zero-order chi connectivity index (χ0) is 8.69. The van der Waals surface area contributed by atoms with Gasteiger partial charge in [0.1, 0.15) is 0 Å². The molecule has 0 aliphatic rings. The van der Waals surface area contributed by atoms with Crippen molar-refractivity contribution in [2.24, 2.45) is 0 Å². The summed E-state index contributed by atoms with van der Waals surface area (Å²) in [5.41, 5.74) is 0. The standard InChI is InChI=1S/C10H17N/c1-5-8-9-10(6-2)11(4)7-3/h5,7-10H,1,3,6H2,2,4H3/b9-8-. The summed E-state index contributed by atoms with van der Waals surface area (Å²) >= 11 is 0. The number of allylic oxidation sites excluding steroid dienone is 2. The summed E-state index contributed by atoms with van der Waals surface area (Å²) in [6.45, 7) is 9.48. The van der Waals surface area contributed by atoms with Crippen LogP contribution in [0.15, 0.2) is 37.6 Å². The van der Waals surface area contributed by atoms with Crippen LogP contribution < -0.4 is 0 Å². The van der Waals surface area contributed by atoms with Crippen molar-refractivity contribution in [3.63, 3.8) is 0 Å². The zero-order valence-corrected chi connectivity index (χ0v) is 7.46.